The van der Waals surface area contributed by atoms with Gasteiger partial charge in [0.15, 0.2) is 11.5 Å². The maximum absolute atomic E-state index is 10.6. The van der Waals surface area contributed by atoms with E-state index < -0.39 is 12.0 Å². The van der Waals surface area contributed by atoms with Crippen molar-refractivity contribution in [1.82, 2.24) is 0 Å². The Labute approximate surface area is 86.1 Å². The van der Waals surface area contributed by atoms with Crippen molar-refractivity contribution in [2.75, 3.05) is 0 Å². The molecule has 0 bridgehead atoms. The van der Waals surface area contributed by atoms with Crippen molar-refractivity contribution in [3.63, 3.8) is 0 Å². The Morgan fingerprint density at radius 1 is 1.33 bits per heavy atom. The van der Waals surface area contributed by atoms with E-state index in [1.165, 1.54) is 18.2 Å². The van der Waals surface area contributed by atoms with E-state index in [0.717, 1.165) is 0 Å². The van der Waals surface area contributed by atoms with Crippen LogP contribution in [0.3, 0.4) is 0 Å². The summed E-state index contributed by atoms with van der Waals surface area (Å²) < 4.78 is 0. The predicted molar refractivity (Wildman–Crippen MR) is 54.4 cm³/mol. The molecule has 0 fully saturated rings. The van der Waals surface area contributed by atoms with Crippen molar-refractivity contribution in [1.29, 1.82) is 0 Å². The number of carboxylic acid groups (broad SMARTS) is 1. The Balaban J connectivity index is 3.02. The molecule has 5 heteroatoms. The fourth-order valence-electron chi connectivity index (χ4n) is 1.05. The van der Waals surface area contributed by atoms with Gasteiger partial charge < -0.3 is 21.1 Å². The van der Waals surface area contributed by atoms with E-state index in [2.05, 4.69) is 6.58 Å². The Hall–Kier alpha value is -2.01. The number of phenols is 2. The van der Waals surface area contributed by atoms with Gasteiger partial charge in [0.2, 0.25) is 0 Å². The number of aliphatic carboxylic acids is 1. The number of benzene rings is 1. The van der Waals surface area contributed by atoms with E-state index in [4.69, 9.17) is 15.9 Å². The van der Waals surface area contributed by atoms with Crippen LogP contribution in [0.1, 0.15) is 5.56 Å². The molecule has 0 unspecified atom stereocenters. The first-order valence-electron chi connectivity index (χ1n) is 4.13. The number of phenolic OH excluding ortho intramolecular Hbond substituents is 2. The first kappa shape index (κ1) is 11.1. The van der Waals surface area contributed by atoms with Gasteiger partial charge in [-0.25, -0.2) is 0 Å². The van der Waals surface area contributed by atoms with Crippen LogP contribution in [0.15, 0.2) is 24.8 Å². The van der Waals surface area contributed by atoms with Crippen molar-refractivity contribution in [2.45, 2.75) is 6.04 Å². The van der Waals surface area contributed by atoms with E-state index in [0.29, 0.717) is 5.56 Å². The largest absolute Gasteiger partial charge is 0.504 e. The van der Waals surface area contributed by atoms with Gasteiger partial charge in [-0.15, -0.1) is 0 Å². The van der Waals surface area contributed by atoms with E-state index in [1.807, 2.05) is 0 Å². The topological polar surface area (TPSA) is 104 Å². The molecule has 5 nitrogen and oxygen atoms in total. The Morgan fingerprint density at radius 2 is 1.93 bits per heavy atom. The molecule has 1 atom stereocenters. The number of carboxylic acids is 1. The van der Waals surface area contributed by atoms with Gasteiger partial charge in [0.05, 0.1) is 0 Å². The smallest absolute Gasteiger partial charge is 0.325 e. The van der Waals surface area contributed by atoms with E-state index in [1.54, 1.807) is 0 Å². The zero-order valence-corrected chi connectivity index (χ0v) is 7.84. The molecule has 80 valence electrons. The molecule has 0 spiro atoms. The van der Waals surface area contributed by atoms with Crippen LogP contribution in [-0.4, -0.2) is 27.3 Å². The van der Waals surface area contributed by atoms with Crippen LogP contribution in [0.25, 0.3) is 5.57 Å². The summed E-state index contributed by atoms with van der Waals surface area (Å²) in [5, 5.41) is 26.9. The first-order chi connectivity index (χ1) is 6.93. The molecule has 5 N–H and O–H groups in total. The number of hydrogen-bond donors (Lipinski definition) is 4. The van der Waals surface area contributed by atoms with E-state index in [-0.39, 0.29) is 17.1 Å². The summed E-state index contributed by atoms with van der Waals surface area (Å²) in [5.41, 5.74) is 5.88. The molecule has 1 rings (SSSR count). The minimum Gasteiger partial charge on any atom is -0.504 e. The van der Waals surface area contributed by atoms with Crippen LogP contribution in [0.4, 0.5) is 0 Å². The van der Waals surface area contributed by atoms with Crippen LogP contribution in [0, 0.1) is 0 Å². The van der Waals surface area contributed by atoms with Crippen LogP contribution in [0.2, 0.25) is 0 Å². The van der Waals surface area contributed by atoms with Crippen molar-refractivity contribution in [3.8, 4) is 11.5 Å². The van der Waals surface area contributed by atoms with E-state index >= 15 is 0 Å². The Bertz CT molecular complexity index is 414. The quantitative estimate of drug-likeness (QED) is 0.543. The third-order valence-corrected chi connectivity index (χ3v) is 1.99. The van der Waals surface area contributed by atoms with Gasteiger partial charge in [-0.2, -0.15) is 0 Å². The molecule has 0 aliphatic heterocycles. The molecule has 0 aromatic heterocycles. The Kier molecular flexibility index (Phi) is 2.96. The van der Waals surface area contributed by atoms with Crippen molar-refractivity contribution >= 4 is 11.5 Å². The average Bonchev–Trinajstić information content (AvgIpc) is 2.19. The van der Waals surface area contributed by atoms with Crippen molar-refractivity contribution < 1.29 is 20.1 Å². The molecule has 0 amide bonds. The highest BCUT2D eigenvalue weighted by atomic mass is 16.4. The lowest BCUT2D eigenvalue weighted by Crippen LogP contribution is -2.30. The van der Waals surface area contributed by atoms with Crippen LogP contribution in [0.5, 0.6) is 11.5 Å². The molecule has 0 aliphatic carbocycles. The van der Waals surface area contributed by atoms with Crippen molar-refractivity contribution in [2.24, 2.45) is 5.73 Å². The summed E-state index contributed by atoms with van der Waals surface area (Å²) in [6, 6.07) is 2.65. The molecular weight excluding hydrogens is 198 g/mol. The van der Waals surface area contributed by atoms with Gasteiger partial charge in [0.25, 0.3) is 0 Å². The monoisotopic (exact) mass is 209 g/mol. The van der Waals surface area contributed by atoms with Gasteiger partial charge in [0, 0.05) is 0 Å². The second-order valence-electron chi connectivity index (χ2n) is 3.04. The molecule has 0 radical (unpaired) electrons. The van der Waals surface area contributed by atoms with Crippen molar-refractivity contribution in [3.05, 3.63) is 30.3 Å². The summed E-state index contributed by atoms with van der Waals surface area (Å²) in [7, 11) is 0. The summed E-state index contributed by atoms with van der Waals surface area (Å²) >= 11 is 0. The molecule has 1 aromatic rings. The normalized spacial score (nSPS) is 12.1. The Morgan fingerprint density at radius 3 is 2.40 bits per heavy atom. The number of carbonyl (C=O) groups is 1. The van der Waals surface area contributed by atoms with Gasteiger partial charge >= 0.3 is 5.97 Å². The second kappa shape index (κ2) is 4.02. The number of rotatable bonds is 3. The fraction of sp³-hybridized carbons (Fsp3) is 0.100. The van der Waals surface area contributed by atoms with Crippen LogP contribution in [-0.2, 0) is 4.79 Å². The van der Waals surface area contributed by atoms with Gasteiger partial charge in [-0.3, -0.25) is 4.79 Å². The minimum absolute atomic E-state index is 0.165. The molecule has 0 saturated heterocycles. The highest BCUT2D eigenvalue weighted by Crippen LogP contribution is 2.28. The average molecular weight is 209 g/mol. The highest BCUT2D eigenvalue weighted by molar-refractivity contribution is 5.90. The number of nitrogens with two attached hydrogens (primary N) is 1. The zero-order chi connectivity index (χ0) is 11.6. The number of hydrogen-bond acceptors (Lipinski definition) is 4. The van der Waals surface area contributed by atoms with Crippen LogP contribution < -0.4 is 5.73 Å². The summed E-state index contributed by atoms with van der Waals surface area (Å²) in [4.78, 5) is 10.6. The van der Waals surface area contributed by atoms with Gasteiger partial charge in [-0.05, 0) is 23.3 Å². The lowest BCUT2D eigenvalue weighted by Gasteiger charge is -2.10. The standard InChI is InChI=1S/C10H11NO4/c1-5(9(11)10(14)15)6-2-3-7(12)8(13)4-6/h2-4,9,12-13H,1,11H2,(H,14,15)/t9-/m0/s1. The number of aromatic hydroxyl groups is 2. The fourth-order valence-corrected chi connectivity index (χ4v) is 1.05. The summed E-state index contributed by atoms with van der Waals surface area (Å²) in [5.74, 6) is -1.82. The molecular formula is C10H11NO4. The maximum atomic E-state index is 10.6. The molecule has 0 aliphatic rings. The lowest BCUT2D eigenvalue weighted by atomic mass is 10.0. The second-order valence-corrected chi connectivity index (χ2v) is 3.04. The van der Waals surface area contributed by atoms with E-state index in [9.17, 15) is 9.90 Å². The van der Waals surface area contributed by atoms with Gasteiger partial charge in [0.1, 0.15) is 6.04 Å². The van der Waals surface area contributed by atoms with Crippen LogP contribution >= 0.6 is 0 Å². The minimum atomic E-state index is -1.23. The lowest BCUT2D eigenvalue weighted by molar-refractivity contribution is -0.137. The third-order valence-electron chi connectivity index (χ3n) is 1.99. The molecule has 0 heterocycles. The molecule has 15 heavy (non-hydrogen) atoms. The molecule has 1 aromatic carbocycles. The molecule has 0 saturated carbocycles. The van der Waals surface area contributed by atoms with Gasteiger partial charge in [-0.1, -0.05) is 12.6 Å². The zero-order valence-electron chi connectivity index (χ0n) is 7.84. The predicted octanol–water partition coefficient (Wildman–Crippen LogP) is 0.523. The summed E-state index contributed by atoms with van der Waals surface area (Å²) in [6.07, 6.45) is 0. The third kappa shape index (κ3) is 2.26. The maximum Gasteiger partial charge on any atom is 0.325 e. The first-order valence-corrected chi connectivity index (χ1v) is 4.13. The highest BCUT2D eigenvalue weighted by Gasteiger charge is 2.17. The summed E-state index contributed by atoms with van der Waals surface area (Å²) in [6.45, 7) is 3.52. The SMILES string of the molecule is C=C(c1ccc(O)c(O)c1)[C@H](N)C(=O)O.